The Labute approximate surface area is 191 Å². The number of carbonyl (C=O) groups is 2. The fourth-order valence-electron chi connectivity index (χ4n) is 2.95. The Morgan fingerprint density at radius 2 is 1.71 bits per heavy atom. The topological polar surface area (TPSA) is 136 Å². The third-order valence-corrected chi connectivity index (χ3v) is 4.63. The number of carbonyl (C=O) groups excluding carboxylic acids is 1. The van der Waals surface area contributed by atoms with Crippen LogP contribution in [0, 0.1) is 17.5 Å². The normalized spacial score (nSPS) is 10.7. The highest BCUT2D eigenvalue weighted by atomic mass is 19.2. The minimum Gasteiger partial charge on any atom is -0.481 e. The molecule has 0 atom stereocenters. The third-order valence-electron chi connectivity index (χ3n) is 4.63. The monoisotopic (exact) mass is 475 g/mol. The van der Waals surface area contributed by atoms with Crippen LogP contribution < -0.4 is 21.5 Å². The third kappa shape index (κ3) is 6.65. The molecule has 2 aromatic carbocycles. The zero-order valence-electron chi connectivity index (χ0n) is 17.6. The fraction of sp³-hybridized carbons (Fsp3) is 0.182. The number of nitrogens with one attached hydrogen (secondary N) is 4. The lowest BCUT2D eigenvalue weighted by Crippen LogP contribution is -2.24. The zero-order valence-corrected chi connectivity index (χ0v) is 17.6. The van der Waals surface area contributed by atoms with Crippen LogP contribution in [0.1, 0.15) is 18.4 Å². The largest absolute Gasteiger partial charge is 0.481 e. The first-order valence-electron chi connectivity index (χ1n) is 10.1. The highest BCUT2D eigenvalue weighted by Crippen LogP contribution is 2.19. The summed E-state index contributed by atoms with van der Waals surface area (Å²) in [4.78, 5) is 41.2. The van der Waals surface area contributed by atoms with E-state index in [4.69, 9.17) is 5.11 Å². The van der Waals surface area contributed by atoms with Gasteiger partial charge in [-0.1, -0.05) is 24.3 Å². The van der Waals surface area contributed by atoms with E-state index in [1.807, 2.05) is 5.32 Å². The molecule has 0 unspecified atom stereocenters. The molecule has 2 amide bonds. The molecule has 1 heterocycles. The molecule has 9 nitrogen and oxygen atoms in total. The Morgan fingerprint density at radius 3 is 2.38 bits per heavy atom. The maximum atomic E-state index is 13.6. The summed E-state index contributed by atoms with van der Waals surface area (Å²) in [5.74, 6) is -5.00. The quantitative estimate of drug-likeness (QED) is 0.238. The van der Waals surface area contributed by atoms with Gasteiger partial charge >= 0.3 is 12.0 Å². The summed E-state index contributed by atoms with van der Waals surface area (Å²) in [6.45, 7) is 1.09. The highest BCUT2D eigenvalue weighted by molar-refractivity contribution is 5.98. The predicted octanol–water partition coefficient (Wildman–Crippen LogP) is 3.45. The van der Waals surface area contributed by atoms with Gasteiger partial charge in [0, 0.05) is 31.3 Å². The Morgan fingerprint density at radius 1 is 1.00 bits per heavy atom. The number of aromatic amines is 1. The van der Waals surface area contributed by atoms with E-state index in [0.717, 1.165) is 5.56 Å². The average molecular weight is 475 g/mol. The van der Waals surface area contributed by atoms with E-state index < -0.39 is 40.7 Å². The maximum Gasteiger partial charge on any atom is 0.326 e. The molecular weight excluding hydrogens is 455 g/mol. The second-order valence-corrected chi connectivity index (χ2v) is 7.16. The lowest BCUT2D eigenvalue weighted by atomic mass is 10.1. The van der Waals surface area contributed by atoms with E-state index in [0.29, 0.717) is 37.2 Å². The zero-order chi connectivity index (χ0) is 24.7. The second-order valence-electron chi connectivity index (χ2n) is 7.16. The van der Waals surface area contributed by atoms with Gasteiger partial charge in [-0.25, -0.2) is 18.0 Å². The molecule has 12 heteroatoms. The summed E-state index contributed by atoms with van der Waals surface area (Å²) >= 11 is 0. The average Bonchev–Trinajstić information content (AvgIpc) is 2.78. The number of carboxylic acid groups (broad SMARTS) is 1. The highest BCUT2D eigenvalue weighted by Gasteiger charge is 2.14. The smallest absolute Gasteiger partial charge is 0.326 e. The number of anilines is 2. The number of urea groups is 1. The molecule has 0 aliphatic heterocycles. The van der Waals surface area contributed by atoms with Gasteiger partial charge in [0.25, 0.3) is 5.56 Å². The van der Waals surface area contributed by atoms with Crippen LogP contribution in [-0.4, -0.2) is 33.6 Å². The SMILES string of the molecule is O=C(O)CCCNCc1ccc(-c2c[nH]c(NC(=O)Nc3cc(F)c(F)cc3F)nc2=O)cc1. The molecule has 178 valence electrons. The number of nitrogens with zero attached hydrogens (tertiary/aromatic N) is 1. The van der Waals surface area contributed by atoms with Crippen LogP contribution in [-0.2, 0) is 11.3 Å². The lowest BCUT2D eigenvalue weighted by molar-refractivity contribution is -0.137. The molecule has 34 heavy (non-hydrogen) atoms. The molecule has 3 aromatic rings. The molecule has 5 N–H and O–H groups in total. The first-order chi connectivity index (χ1) is 16.2. The second kappa shape index (κ2) is 11.1. The molecule has 0 fully saturated rings. The van der Waals surface area contributed by atoms with Crippen LogP contribution in [0.5, 0.6) is 0 Å². The van der Waals surface area contributed by atoms with Crippen molar-refractivity contribution in [2.45, 2.75) is 19.4 Å². The molecule has 0 aliphatic rings. The van der Waals surface area contributed by atoms with E-state index in [9.17, 15) is 27.6 Å². The summed E-state index contributed by atoms with van der Waals surface area (Å²) < 4.78 is 39.9. The van der Waals surface area contributed by atoms with Crippen molar-refractivity contribution in [2.75, 3.05) is 17.2 Å². The molecule has 0 bridgehead atoms. The van der Waals surface area contributed by atoms with Crippen LogP contribution in [0.4, 0.5) is 29.6 Å². The van der Waals surface area contributed by atoms with E-state index in [-0.39, 0.29) is 17.9 Å². The van der Waals surface area contributed by atoms with E-state index in [1.54, 1.807) is 24.3 Å². The first kappa shape index (κ1) is 24.5. The lowest BCUT2D eigenvalue weighted by Gasteiger charge is -2.09. The van der Waals surface area contributed by atoms with Gasteiger partial charge in [0.2, 0.25) is 5.95 Å². The summed E-state index contributed by atoms with van der Waals surface area (Å²) in [7, 11) is 0. The number of hydrogen-bond donors (Lipinski definition) is 5. The number of hydrogen-bond acceptors (Lipinski definition) is 5. The Bertz CT molecular complexity index is 1250. The Kier molecular flexibility index (Phi) is 7.98. The molecule has 0 radical (unpaired) electrons. The number of amides is 2. The van der Waals surface area contributed by atoms with Crippen LogP contribution in [0.25, 0.3) is 11.1 Å². The van der Waals surface area contributed by atoms with Crippen molar-refractivity contribution in [3.05, 3.63) is 76.0 Å². The minimum atomic E-state index is -1.40. The van der Waals surface area contributed by atoms with Crippen molar-refractivity contribution in [2.24, 2.45) is 0 Å². The van der Waals surface area contributed by atoms with Crippen molar-refractivity contribution in [1.82, 2.24) is 15.3 Å². The van der Waals surface area contributed by atoms with Crippen LogP contribution >= 0.6 is 0 Å². The molecule has 0 spiro atoms. The van der Waals surface area contributed by atoms with Gasteiger partial charge in [0.1, 0.15) is 5.82 Å². The fourth-order valence-corrected chi connectivity index (χ4v) is 2.95. The van der Waals surface area contributed by atoms with Gasteiger partial charge in [-0.3, -0.25) is 14.9 Å². The van der Waals surface area contributed by atoms with E-state index >= 15 is 0 Å². The number of aromatic nitrogens is 2. The number of rotatable bonds is 9. The van der Waals surface area contributed by atoms with Gasteiger partial charge in [-0.05, 0) is 24.1 Å². The van der Waals surface area contributed by atoms with Crippen LogP contribution in [0.3, 0.4) is 0 Å². The standard InChI is InChI=1S/C22H20F3N5O4/c23-15-8-17(25)18(9-16(15)24)28-22(34)30-21-27-11-14(20(33)29-21)13-5-3-12(4-6-13)10-26-7-1-2-19(31)32/h3-6,8-9,11,26H,1-2,7,10H2,(H,31,32)(H3,27,28,29,30,33,34). The number of benzene rings is 2. The molecule has 3 rings (SSSR count). The molecule has 1 aromatic heterocycles. The van der Waals surface area contributed by atoms with Crippen molar-refractivity contribution in [1.29, 1.82) is 0 Å². The van der Waals surface area contributed by atoms with Crippen molar-refractivity contribution in [3.63, 3.8) is 0 Å². The Hall–Kier alpha value is -4.19. The van der Waals surface area contributed by atoms with Gasteiger partial charge in [0.05, 0.1) is 11.3 Å². The summed E-state index contributed by atoms with van der Waals surface area (Å²) in [5, 5.41) is 15.9. The summed E-state index contributed by atoms with van der Waals surface area (Å²) in [5.41, 5.74) is 0.504. The van der Waals surface area contributed by atoms with Crippen molar-refractivity contribution >= 4 is 23.6 Å². The Balaban J connectivity index is 1.59. The van der Waals surface area contributed by atoms with Gasteiger partial charge in [-0.2, -0.15) is 4.98 Å². The number of H-pyrrole nitrogens is 1. The molecule has 0 aliphatic carbocycles. The van der Waals surface area contributed by atoms with Gasteiger partial charge in [-0.15, -0.1) is 0 Å². The molecule has 0 saturated carbocycles. The maximum absolute atomic E-state index is 13.6. The first-order valence-corrected chi connectivity index (χ1v) is 10.1. The number of halogens is 3. The minimum absolute atomic E-state index is 0.0932. The van der Waals surface area contributed by atoms with E-state index in [2.05, 4.69) is 20.6 Å². The van der Waals surface area contributed by atoms with E-state index in [1.165, 1.54) is 6.20 Å². The summed E-state index contributed by atoms with van der Waals surface area (Å²) in [6.07, 6.45) is 1.95. The number of carboxylic acids is 1. The van der Waals surface area contributed by atoms with Gasteiger partial charge in [0.15, 0.2) is 11.6 Å². The molecule has 0 saturated heterocycles. The van der Waals surface area contributed by atoms with Gasteiger partial charge < -0.3 is 20.7 Å². The predicted molar refractivity (Wildman–Crippen MR) is 118 cm³/mol. The summed E-state index contributed by atoms with van der Waals surface area (Å²) in [6, 6.07) is 6.78. The van der Waals surface area contributed by atoms with Crippen molar-refractivity contribution in [3.8, 4) is 11.1 Å². The van der Waals surface area contributed by atoms with Crippen molar-refractivity contribution < 1.29 is 27.9 Å². The molecular formula is C22H20F3N5O4. The van der Waals surface area contributed by atoms with Crippen LogP contribution in [0.2, 0.25) is 0 Å². The number of aliphatic carboxylic acids is 1. The van der Waals surface area contributed by atoms with Crippen LogP contribution in [0.15, 0.2) is 47.4 Å².